The quantitative estimate of drug-likeness (QED) is 0.801. The summed E-state index contributed by atoms with van der Waals surface area (Å²) in [4.78, 5) is 28.3. The number of carbonyl (C=O) groups is 2. The number of likely N-dealkylation sites (N-methyl/N-ethyl adjacent to an activating group) is 1. The fourth-order valence-electron chi connectivity index (χ4n) is 1.53. The summed E-state index contributed by atoms with van der Waals surface area (Å²) < 4.78 is 0. The summed E-state index contributed by atoms with van der Waals surface area (Å²) in [5, 5.41) is 11.8. The van der Waals surface area contributed by atoms with Crippen molar-refractivity contribution in [2.24, 2.45) is 5.92 Å². The van der Waals surface area contributed by atoms with Crippen LogP contribution < -0.4 is 10.2 Å². The third-order valence-corrected chi connectivity index (χ3v) is 2.47. The van der Waals surface area contributed by atoms with Crippen LogP contribution in [0.5, 0.6) is 0 Å². The van der Waals surface area contributed by atoms with Gasteiger partial charge in [-0.15, -0.1) is 0 Å². The molecule has 0 aliphatic heterocycles. The Kier molecular flexibility index (Phi) is 5.29. The first-order valence-electron chi connectivity index (χ1n) is 6.08. The summed E-state index contributed by atoms with van der Waals surface area (Å²) >= 11 is 0. The van der Waals surface area contributed by atoms with Crippen LogP contribution in [-0.2, 0) is 4.79 Å². The summed E-state index contributed by atoms with van der Waals surface area (Å²) in [6.45, 7) is 4.68. The topological polar surface area (TPSA) is 82.5 Å². The SMILES string of the molecule is CC(C)CNC(=O)CN(C)c1ncccc1C(=O)O. The number of carbonyl (C=O) groups excluding carboxylic acids is 1. The molecule has 0 aliphatic rings. The lowest BCUT2D eigenvalue weighted by atomic mass is 10.2. The van der Waals surface area contributed by atoms with Gasteiger partial charge in [-0.3, -0.25) is 4.79 Å². The summed E-state index contributed by atoms with van der Waals surface area (Å²) in [6.07, 6.45) is 1.50. The molecule has 1 heterocycles. The van der Waals surface area contributed by atoms with Crippen molar-refractivity contribution in [3.63, 3.8) is 0 Å². The molecule has 0 unspecified atom stereocenters. The molecule has 6 heteroatoms. The average molecular weight is 265 g/mol. The van der Waals surface area contributed by atoms with Crippen molar-refractivity contribution in [1.82, 2.24) is 10.3 Å². The third kappa shape index (κ3) is 4.57. The maximum Gasteiger partial charge on any atom is 0.339 e. The second kappa shape index (κ2) is 6.72. The van der Waals surface area contributed by atoms with Crippen molar-refractivity contribution in [3.05, 3.63) is 23.9 Å². The number of anilines is 1. The maximum atomic E-state index is 11.7. The minimum absolute atomic E-state index is 0.0734. The Hall–Kier alpha value is -2.11. The zero-order chi connectivity index (χ0) is 14.4. The largest absolute Gasteiger partial charge is 0.478 e. The Labute approximate surface area is 112 Å². The lowest BCUT2D eigenvalue weighted by Gasteiger charge is -2.19. The predicted molar refractivity (Wildman–Crippen MR) is 72.3 cm³/mol. The van der Waals surface area contributed by atoms with Gasteiger partial charge in [-0.25, -0.2) is 9.78 Å². The van der Waals surface area contributed by atoms with Gasteiger partial charge in [-0.1, -0.05) is 13.8 Å². The summed E-state index contributed by atoms with van der Waals surface area (Å²) in [5.74, 6) is -0.552. The molecule has 0 radical (unpaired) electrons. The first-order valence-corrected chi connectivity index (χ1v) is 6.08. The van der Waals surface area contributed by atoms with Crippen LogP contribution in [0, 0.1) is 5.92 Å². The van der Waals surface area contributed by atoms with Crippen LogP contribution in [0.3, 0.4) is 0 Å². The van der Waals surface area contributed by atoms with Crippen LogP contribution in [0.25, 0.3) is 0 Å². The molecule has 104 valence electrons. The van der Waals surface area contributed by atoms with Gasteiger partial charge in [0.1, 0.15) is 11.4 Å². The number of hydrogen-bond donors (Lipinski definition) is 2. The van der Waals surface area contributed by atoms with Gasteiger partial charge in [0.15, 0.2) is 0 Å². The lowest BCUT2D eigenvalue weighted by Crippen LogP contribution is -2.37. The zero-order valence-electron chi connectivity index (χ0n) is 11.4. The van der Waals surface area contributed by atoms with E-state index < -0.39 is 5.97 Å². The summed E-state index contributed by atoms with van der Waals surface area (Å²) in [7, 11) is 1.64. The molecular weight excluding hydrogens is 246 g/mol. The van der Waals surface area contributed by atoms with Crippen molar-refractivity contribution in [2.75, 3.05) is 25.0 Å². The van der Waals surface area contributed by atoms with E-state index in [9.17, 15) is 9.59 Å². The van der Waals surface area contributed by atoms with Gasteiger partial charge in [-0.2, -0.15) is 0 Å². The molecule has 0 spiro atoms. The molecule has 19 heavy (non-hydrogen) atoms. The van der Waals surface area contributed by atoms with Crippen LogP contribution in [0.2, 0.25) is 0 Å². The average Bonchev–Trinajstić information content (AvgIpc) is 2.36. The molecule has 1 amide bonds. The molecule has 0 fully saturated rings. The number of amides is 1. The van der Waals surface area contributed by atoms with Crippen LogP contribution in [0.1, 0.15) is 24.2 Å². The van der Waals surface area contributed by atoms with Gasteiger partial charge in [0.05, 0.1) is 6.54 Å². The predicted octanol–water partition coefficient (Wildman–Crippen LogP) is 0.988. The van der Waals surface area contributed by atoms with Crippen LogP contribution in [0.4, 0.5) is 5.82 Å². The van der Waals surface area contributed by atoms with E-state index in [4.69, 9.17) is 5.11 Å². The molecule has 0 saturated heterocycles. The summed E-state index contributed by atoms with van der Waals surface area (Å²) in [6, 6.07) is 3.02. The van der Waals surface area contributed by atoms with Crippen LogP contribution in [-0.4, -0.2) is 42.1 Å². The molecule has 0 atom stereocenters. The Morgan fingerprint density at radius 1 is 1.47 bits per heavy atom. The normalized spacial score (nSPS) is 10.3. The highest BCUT2D eigenvalue weighted by atomic mass is 16.4. The van der Waals surface area contributed by atoms with E-state index in [0.29, 0.717) is 12.5 Å². The van der Waals surface area contributed by atoms with Gasteiger partial charge in [0, 0.05) is 19.8 Å². The first-order chi connectivity index (χ1) is 8.91. The van der Waals surface area contributed by atoms with E-state index in [1.54, 1.807) is 13.1 Å². The molecule has 1 aromatic heterocycles. The molecule has 0 aromatic carbocycles. The van der Waals surface area contributed by atoms with E-state index in [1.807, 2.05) is 13.8 Å². The lowest BCUT2D eigenvalue weighted by molar-refractivity contribution is -0.119. The highest BCUT2D eigenvalue weighted by Gasteiger charge is 2.16. The Morgan fingerprint density at radius 2 is 2.16 bits per heavy atom. The van der Waals surface area contributed by atoms with Crippen molar-refractivity contribution >= 4 is 17.7 Å². The van der Waals surface area contributed by atoms with Crippen LogP contribution >= 0.6 is 0 Å². The molecule has 0 saturated carbocycles. The second-order valence-electron chi connectivity index (χ2n) is 4.73. The molecule has 0 aliphatic carbocycles. The first kappa shape index (κ1) is 14.9. The van der Waals surface area contributed by atoms with E-state index in [-0.39, 0.29) is 23.8 Å². The number of hydrogen-bond acceptors (Lipinski definition) is 4. The highest BCUT2D eigenvalue weighted by Crippen LogP contribution is 2.15. The molecule has 0 bridgehead atoms. The fourth-order valence-corrected chi connectivity index (χ4v) is 1.53. The fraction of sp³-hybridized carbons (Fsp3) is 0.462. The molecule has 1 rings (SSSR count). The number of nitrogens with one attached hydrogen (secondary N) is 1. The molecule has 6 nitrogen and oxygen atoms in total. The standard InChI is InChI=1S/C13H19N3O3/c1-9(2)7-15-11(17)8-16(3)12-10(13(18)19)5-4-6-14-12/h4-6,9H,7-8H2,1-3H3,(H,15,17)(H,18,19). The smallest absolute Gasteiger partial charge is 0.339 e. The van der Waals surface area contributed by atoms with Crippen molar-refractivity contribution < 1.29 is 14.7 Å². The number of aromatic carboxylic acids is 1. The Bertz CT molecular complexity index is 460. The monoisotopic (exact) mass is 265 g/mol. The third-order valence-electron chi connectivity index (χ3n) is 2.47. The number of carboxylic acid groups (broad SMARTS) is 1. The van der Waals surface area contributed by atoms with Gasteiger partial charge in [0.25, 0.3) is 0 Å². The van der Waals surface area contributed by atoms with Crippen molar-refractivity contribution in [1.29, 1.82) is 0 Å². The molecular formula is C13H19N3O3. The Balaban J connectivity index is 2.70. The minimum Gasteiger partial charge on any atom is -0.478 e. The minimum atomic E-state index is -1.06. The summed E-state index contributed by atoms with van der Waals surface area (Å²) in [5.41, 5.74) is 0.0849. The molecule has 2 N–H and O–H groups in total. The van der Waals surface area contributed by atoms with Crippen molar-refractivity contribution in [3.8, 4) is 0 Å². The number of rotatable bonds is 6. The van der Waals surface area contributed by atoms with E-state index in [1.165, 1.54) is 17.2 Å². The Morgan fingerprint density at radius 3 is 2.74 bits per heavy atom. The second-order valence-corrected chi connectivity index (χ2v) is 4.73. The number of carboxylic acids is 1. The van der Waals surface area contributed by atoms with Gasteiger partial charge < -0.3 is 15.3 Å². The number of nitrogens with zero attached hydrogens (tertiary/aromatic N) is 2. The zero-order valence-corrected chi connectivity index (χ0v) is 11.4. The van der Waals surface area contributed by atoms with E-state index in [2.05, 4.69) is 10.3 Å². The van der Waals surface area contributed by atoms with Gasteiger partial charge in [-0.05, 0) is 18.1 Å². The maximum absolute atomic E-state index is 11.7. The van der Waals surface area contributed by atoms with E-state index >= 15 is 0 Å². The van der Waals surface area contributed by atoms with Crippen molar-refractivity contribution in [2.45, 2.75) is 13.8 Å². The number of pyridine rings is 1. The number of aromatic nitrogens is 1. The van der Waals surface area contributed by atoms with Gasteiger partial charge >= 0.3 is 5.97 Å². The van der Waals surface area contributed by atoms with Gasteiger partial charge in [0.2, 0.25) is 5.91 Å². The highest BCUT2D eigenvalue weighted by molar-refractivity contribution is 5.94. The van der Waals surface area contributed by atoms with E-state index in [0.717, 1.165) is 0 Å². The molecule has 1 aromatic rings. The van der Waals surface area contributed by atoms with Crippen LogP contribution in [0.15, 0.2) is 18.3 Å².